The predicted molar refractivity (Wildman–Crippen MR) is 60.8 cm³/mol. The van der Waals surface area contributed by atoms with Crippen molar-refractivity contribution in [1.82, 2.24) is 15.4 Å². The number of nitrogens with one attached hydrogen (secondary N) is 2. The molecule has 0 saturated carbocycles. The number of hydrogen-bond acceptors (Lipinski definition) is 6. The molecule has 0 unspecified atom stereocenters. The number of halogens is 6. The molecular formula is C10H8F6N4O3. The summed E-state index contributed by atoms with van der Waals surface area (Å²) in [7, 11) is 0. The Morgan fingerprint density at radius 3 is 2.30 bits per heavy atom. The molecule has 0 radical (unpaired) electrons. The minimum absolute atomic E-state index is 0.211. The van der Waals surface area contributed by atoms with Gasteiger partial charge in [0.15, 0.2) is 5.69 Å². The molecule has 0 spiro atoms. The van der Waals surface area contributed by atoms with E-state index < -0.39 is 41.4 Å². The van der Waals surface area contributed by atoms with E-state index in [1.807, 2.05) is 0 Å². The molecule has 0 saturated heterocycles. The standard InChI is InChI=1S/C10H8F6N4O3/c1-2-23-6(21)4-3-17-8(18-5(4)9(11,12)13)20-19-7(22)10(14,15)16/h3H,2H2,1H3,(H,19,22)(H,17,18,20). The molecule has 128 valence electrons. The van der Waals surface area contributed by atoms with E-state index >= 15 is 0 Å². The summed E-state index contributed by atoms with van der Waals surface area (Å²) in [6.07, 6.45) is -9.95. The first kappa shape index (κ1) is 18.4. The molecule has 1 amide bonds. The van der Waals surface area contributed by atoms with Crippen LogP contribution in [0.5, 0.6) is 0 Å². The second-order valence-corrected chi connectivity index (χ2v) is 3.75. The quantitative estimate of drug-likeness (QED) is 0.490. The second-order valence-electron chi connectivity index (χ2n) is 3.75. The molecule has 0 aliphatic rings. The normalized spacial score (nSPS) is 11.8. The van der Waals surface area contributed by atoms with E-state index in [1.54, 1.807) is 0 Å². The highest BCUT2D eigenvalue weighted by Crippen LogP contribution is 2.31. The summed E-state index contributed by atoms with van der Waals surface area (Å²) in [5, 5.41) is 0. The van der Waals surface area contributed by atoms with Gasteiger partial charge in [0.05, 0.1) is 6.61 Å². The Labute approximate surface area is 124 Å². The Hall–Kier alpha value is -2.60. The van der Waals surface area contributed by atoms with Gasteiger partial charge in [-0.3, -0.25) is 15.6 Å². The van der Waals surface area contributed by atoms with Gasteiger partial charge in [0.1, 0.15) is 5.56 Å². The number of ether oxygens (including phenoxy) is 1. The van der Waals surface area contributed by atoms with Crippen LogP contribution in [-0.4, -0.2) is 34.6 Å². The van der Waals surface area contributed by atoms with Crippen molar-refractivity contribution in [2.75, 3.05) is 12.0 Å². The zero-order valence-corrected chi connectivity index (χ0v) is 11.2. The van der Waals surface area contributed by atoms with E-state index in [-0.39, 0.29) is 6.61 Å². The predicted octanol–water partition coefficient (Wildman–Crippen LogP) is 1.68. The molecule has 1 aromatic rings. The van der Waals surface area contributed by atoms with E-state index in [2.05, 4.69) is 14.7 Å². The van der Waals surface area contributed by atoms with E-state index in [0.29, 0.717) is 6.20 Å². The van der Waals surface area contributed by atoms with E-state index in [4.69, 9.17) is 0 Å². The number of aromatic nitrogens is 2. The lowest BCUT2D eigenvalue weighted by atomic mass is 10.2. The molecule has 2 N–H and O–H groups in total. The molecule has 7 nitrogen and oxygen atoms in total. The average molecular weight is 346 g/mol. The number of esters is 1. The highest BCUT2D eigenvalue weighted by molar-refractivity contribution is 5.90. The molecule has 1 rings (SSSR count). The highest BCUT2D eigenvalue weighted by atomic mass is 19.4. The van der Waals surface area contributed by atoms with Crippen LogP contribution in [0.1, 0.15) is 23.0 Å². The van der Waals surface area contributed by atoms with Gasteiger partial charge in [-0.05, 0) is 6.92 Å². The number of anilines is 1. The van der Waals surface area contributed by atoms with Crippen LogP contribution in [0.2, 0.25) is 0 Å². The van der Waals surface area contributed by atoms with Gasteiger partial charge in [-0.15, -0.1) is 0 Å². The van der Waals surface area contributed by atoms with Gasteiger partial charge in [-0.1, -0.05) is 0 Å². The Morgan fingerprint density at radius 2 is 1.83 bits per heavy atom. The number of amides is 1. The van der Waals surface area contributed by atoms with Gasteiger partial charge in [0, 0.05) is 6.20 Å². The fourth-order valence-corrected chi connectivity index (χ4v) is 1.20. The molecule has 23 heavy (non-hydrogen) atoms. The van der Waals surface area contributed by atoms with Gasteiger partial charge in [0.2, 0.25) is 5.95 Å². The van der Waals surface area contributed by atoms with Crippen molar-refractivity contribution in [3.63, 3.8) is 0 Å². The SMILES string of the molecule is CCOC(=O)c1cnc(NNC(=O)C(F)(F)F)nc1C(F)(F)F. The van der Waals surface area contributed by atoms with Crippen molar-refractivity contribution in [2.24, 2.45) is 0 Å². The Bertz CT molecular complexity index is 601. The number of carbonyl (C=O) groups is 2. The lowest BCUT2D eigenvalue weighted by Crippen LogP contribution is -2.40. The van der Waals surface area contributed by atoms with E-state index in [9.17, 15) is 35.9 Å². The maximum atomic E-state index is 12.8. The summed E-state index contributed by atoms with van der Waals surface area (Å²) in [5.41, 5.74) is -0.212. The van der Waals surface area contributed by atoms with Crippen LogP contribution < -0.4 is 10.9 Å². The van der Waals surface area contributed by atoms with Crippen LogP contribution in [0.25, 0.3) is 0 Å². The molecule has 0 aliphatic heterocycles. The molecule has 0 aliphatic carbocycles. The van der Waals surface area contributed by atoms with Gasteiger partial charge in [-0.2, -0.15) is 26.3 Å². The Morgan fingerprint density at radius 1 is 1.22 bits per heavy atom. The fraction of sp³-hybridized carbons (Fsp3) is 0.400. The highest BCUT2D eigenvalue weighted by Gasteiger charge is 2.40. The first-order chi connectivity index (χ1) is 10.5. The molecule has 0 aromatic carbocycles. The molecule has 1 aromatic heterocycles. The molecule has 13 heteroatoms. The minimum atomic E-state index is -5.26. The van der Waals surface area contributed by atoms with Crippen LogP contribution in [-0.2, 0) is 15.7 Å². The number of carbonyl (C=O) groups excluding carboxylic acids is 2. The maximum Gasteiger partial charge on any atom is 0.472 e. The molecule has 1 heterocycles. The largest absolute Gasteiger partial charge is 0.472 e. The second kappa shape index (κ2) is 6.66. The van der Waals surface area contributed by atoms with Gasteiger partial charge in [-0.25, -0.2) is 14.8 Å². The van der Waals surface area contributed by atoms with Crippen molar-refractivity contribution in [3.05, 3.63) is 17.5 Å². The number of nitrogens with zero attached hydrogens (tertiary/aromatic N) is 2. The first-order valence-corrected chi connectivity index (χ1v) is 5.71. The van der Waals surface area contributed by atoms with E-state index in [0.717, 1.165) is 5.43 Å². The van der Waals surface area contributed by atoms with Crippen LogP contribution >= 0.6 is 0 Å². The number of rotatable bonds is 4. The van der Waals surface area contributed by atoms with Gasteiger partial charge in [0.25, 0.3) is 0 Å². The third-order valence-corrected chi connectivity index (χ3v) is 2.10. The van der Waals surface area contributed by atoms with Gasteiger partial charge >= 0.3 is 24.2 Å². The van der Waals surface area contributed by atoms with Crippen molar-refractivity contribution >= 4 is 17.8 Å². The summed E-state index contributed by atoms with van der Waals surface area (Å²) in [4.78, 5) is 28.0. The first-order valence-electron chi connectivity index (χ1n) is 5.71. The molecule has 0 atom stereocenters. The smallest absolute Gasteiger partial charge is 0.462 e. The van der Waals surface area contributed by atoms with Crippen LogP contribution in [0.15, 0.2) is 6.20 Å². The summed E-state index contributed by atoms with van der Waals surface area (Å²) in [5.74, 6) is -4.82. The third kappa shape index (κ3) is 4.96. The molecular weight excluding hydrogens is 338 g/mol. The molecule has 0 fully saturated rings. The van der Waals surface area contributed by atoms with Crippen molar-refractivity contribution in [2.45, 2.75) is 19.3 Å². The zero-order chi connectivity index (χ0) is 17.8. The van der Waals surface area contributed by atoms with Crippen LogP contribution in [0.4, 0.5) is 32.3 Å². The average Bonchev–Trinajstić information content (AvgIpc) is 2.42. The summed E-state index contributed by atoms with van der Waals surface area (Å²) < 4.78 is 78.7. The van der Waals surface area contributed by atoms with Crippen molar-refractivity contribution in [1.29, 1.82) is 0 Å². The maximum absolute atomic E-state index is 12.8. The lowest BCUT2D eigenvalue weighted by molar-refractivity contribution is -0.173. The summed E-state index contributed by atoms with van der Waals surface area (Å²) in [6.45, 7) is 1.15. The fourth-order valence-electron chi connectivity index (χ4n) is 1.20. The summed E-state index contributed by atoms with van der Waals surface area (Å²) >= 11 is 0. The number of hydrazine groups is 1. The number of alkyl halides is 6. The van der Waals surface area contributed by atoms with Crippen molar-refractivity contribution < 1.29 is 40.7 Å². The lowest BCUT2D eigenvalue weighted by Gasteiger charge is -2.13. The zero-order valence-electron chi connectivity index (χ0n) is 11.2. The van der Waals surface area contributed by atoms with Gasteiger partial charge < -0.3 is 4.74 Å². The monoisotopic (exact) mass is 346 g/mol. The van der Waals surface area contributed by atoms with E-state index in [1.165, 1.54) is 12.3 Å². The number of hydrogen-bond donors (Lipinski definition) is 2. The third-order valence-electron chi connectivity index (χ3n) is 2.10. The van der Waals surface area contributed by atoms with Crippen molar-refractivity contribution in [3.8, 4) is 0 Å². The summed E-state index contributed by atoms with van der Waals surface area (Å²) in [6, 6.07) is 0. The molecule has 0 bridgehead atoms. The Kier molecular flexibility index (Phi) is 5.34. The van der Waals surface area contributed by atoms with Crippen LogP contribution in [0.3, 0.4) is 0 Å². The Balaban J connectivity index is 3.05. The van der Waals surface area contributed by atoms with Crippen LogP contribution in [0, 0.1) is 0 Å². The topological polar surface area (TPSA) is 93.2 Å². The minimum Gasteiger partial charge on any atom is -0.462 e.